The molecule has 0 saturated carbocycles. The van der Waals surface area contributed by atoms with Crippen LogP contribution in [0.5, 0.6) is 0 Å². The molecule has 3 aromatic rings. The zero-order valence-electron chi connectivity index (χ0n) is 21.0. The predicted molar refractivity (Wildman–Crippen MR) is 135 cm³/mol. The van der Waals surface area contributed by atoms with Gasteiger partial charge in [0.2, 0.25) is 5.91 Å². The molecule has 1 aliphatic heterocycles. The van der Waals surface area contributed by atoms with E-state index in [4.69, 9.17) is 9.26 Å². The molecule has 1 saturated heterocycles. The molecule has 0 unspecified atom stereocenters. The van der Waals surface area contributed by atoms with Crippen LogP contribution in [0.4, 0.5) is 0 Å². The molecule has 7 nitrogen and oxygen atoms in total. The van der Waals surface area contributed by atoms with Gasteiger partial charge in [0.05, 0.1) is 45.9 Å². The number of hydrogen-bond donors (Lipinski definition) is 0. The number of nitrogens with zero attached hydrogens (tertiary/aromatic N) is 3. The Kier molecular flexibility index (Phi) is 7.52. The number of aromatic nitrogens is 2. The van der Waals surface area contributed by atoms with Gasteiger partial charge in [-0.1, -0.05) is 29.4 Å². The number of thiazole rings is 1. The zero-order chi connectivity index (χ0) is 25.2. The monoisotopic (exact) mass is 495 g/mol. The molecule has 35 heavy (non-hydrogen) atoms. The highest BCUT2D eigenvalue weighted by atomic mass is 32.1. The Hall–Kier alpha value is -2.84. The van der Waals surface area contributed by atoms with Gasteiger partial charge in [0.25, 0.3) is 0 Å². The molecule has 1 aromatic carbocycles. The maximum Gasteiger partial charge on any atom is 0.231 e. The second-order valence-electron chi connectivity index (χ2n) is 10.2. The number of hydrogen-bond acceptors (Lipinski definition) is 7. The highest BCUT2D eigenvalue weighted by Crippen LogP contribution is 2.29. The van der Waals surface area contributed by atoms with Crippen molar-refractivity contribution in [3.63, 3.8) is 0 Å². The predicted octanol–water partition coefficient (Wildman–Crippen LogP) is 4.94. The van der Waals surface area contributed by atoms with Crippen LogP contribution in [0.1, 0.15) is 56.3 Å². The van der Waals surface area contributed by atoms with Crippen molar-refractivity contribution < 1.29 is 18.8 Å². The van der Waals surface area contributed by atoms with Crippen molar-refractivity contribution in [3.05, 3.63) is 58.6 Å². The van der Waals surface area contributed by atoms with Gasteiger partial charge in [0.1, 0.15) is 5.76 Å². The van der Waals surface area contributed by atoms with E-state index in [1.54, 1.807) is 22.3 Å². The average Bonchev–Trinajstić information content (AvgIpc) is 3.51. The summed E-state index contributed by atoms with van der Waals surface area (Å²) in [7, 11) is 0. The molecule has 4 rings (SSSR count). The van der Waals surface area contributed by atoms with Gasteiger partial charge in [0, 0.05) is 25.5 Å². The third-order valence-electron chi connectivity index (χ3n) is 6.10. The minimum atomic E-state index is -0.488. The molecule has 0 N–H and O–H groups in total. The van der Waals surface area contributed by atoms with Crippen LogP contribution in [0, 0.1) is 13.8 Å². The van der Waals surface area contributed by atoms with E-state index in [0.29, 0.717) is 31.6 Å². The zero-order valence-corrected chi connectivity index (χ0v) is 21.9. The van der Waals surface area contributed by atoms with Crippen molar-refractivity contribution >= 4 is 23.0 Å². The lowest BCUT2D eigenvalue weighted by Crippen LogP contribution is -2.41. The number of carbonyl (C=O) groups is 2. The van der Waals surface area contributed by atoms with Crippen molar-refractivity contribution in [2.75, 3.05) is 6.54 Å². The molecule has 0 radical (unpaired) electrons. The number of rotatable bonds is 8. The van der Waals surface area contributed by atoms with Gasteiger partial charge in [-0.25, -0.2) is 4.98 Å². The van der Waals surface area contributed by atoms with Crippen molar-refractivity contribution in [1.29, 1.82) is 0 Å². The molecular weight excluding hydrogens is 462 g/mol. The van der Waals surface area contributed by atoms with Crippen LogP contribution in [-0.2, 0) is 27.2 Å². The number of Topliss-reactive ketones (excluding diaryl/α,β-unsaturated/α-hetero) is 1. The molecular formula is C27H33N3O4S. The van der Waals surface area contributed by atoms with E-state index in [9.17, 15) is 9.59 Å². The first-order valence-electron chi connectivity index (χ1n) is 12.0. The second kappa shape index (κ2) is 10.4. The Balaban J connectivity index is 1.41. The molecule has 3 heterocycles. The summed E-state index contributed by atoms with van der Waals surface area (Å²) in [6, 6.07) is 9.56. The number of ketones is 1. The smallest absolute Gasteiger partial charge is 0.231 e. The molecule has 8 heteroatoms. The van der Waals surface area contributed by atoms with Crippen LogP contribution in [0.3, 0.4) is 0 Å². The highest BCUT2D eigenvalue weighted by molar-refractivity contribution is 7.13. The number of benzene rings is 1. The van der Waals surface area contributed by atoms with Crippen molar-refractivity contribution in [2.24, 2.45) is 0 Å². The minimum absolute atomic E-state index is 0.0643. The van der Waals surface area contributed by atoms with Crippen LogP contribution in [-0.4, -0.2) is 51.0 Å². The number of ether oxygens (including phenoxy) is 1. The van der Waals surface area contributed by atoms with Gasteiger partial charge in [-0.15, -0.1) is 11.3 Å². The fourth-order valence-electron chi connectivity index (χ4n) is 4.55. The summed E-state index contributed by atoms with van der Waals surface area (Å²) in [4.78, 5) is 33.6. The van der Waals surface area contributed by atoms with Crippen molar-refractivity contribution in [3.8, 4) is 10.4 Å². The average molecular weight is 496 g/mol. The quantitative estimate of drug-likeness (QED) is 0.440. The van der Waals surface area contributed by atoms with Gasteiger partial charge in [-0.3, -0.25) is 9.59 Å². The Morgan fingerprint density at radius 3 is 2.54 bits per heavy atom. The Morgan fingerprint density at radius 1 is 1.20 bits per heavy atom. The van der Waals surface area contributed by atoms with E-state index >= 15 is 0 Å². The summed E-state index contributed by atoms with van der Waals surface area (Å²) < 4.78 is 11.4. The Bertz CT molecular complexity index is 1180. The van der Waals surface area contributed by atoms with Crippen molar-refractivity contribution in [2.45, 2.75) is 78.0 Å². The third kappa shape index (κ3) is 6.44. The summed E-state index contributed by atoms with van der Waals surface area (Å²) in [5.41, 5.74) is 5.49. The normalized spacial score (nSPS) is 18.3. The van der Waals surface area contributed by atoms with Gasteiger partial charge in [-0.05, 0) is 52.2 Å². The van der Waals surface area contributed by atoms with E-state index in [1.165, 1.54) is 4.88 Å². The highest BCUT2D eigenvalue weighted by Gasteiger charge is 2.41. The van der Waals surface area contributed by atoms with Crippen LogP contribution in [0.25, 0.3) is 10.4 Å². The van der Waals surface area contributed by atoms with E-state index < -0.39 is 6.04 Å². The van der Waals surface area contributed by atoms with Crippen molar-refractivity contribution in [1.82, 2.24) is 15.0 Å². The number of aryl methyl sites for hydroxylation is 3. The van der Waals surface area contributed by atoms with E-state index in [-0.39, 0.29) is 29.8 Å². The lowest BCUT2D eigenvalue weighted by molar-refractivity contribution is -0.137. The summed E-state index contributed by atoms with van der Waals surface area (Å²) in [6.07, 6.45) is 1.43. The van der Waals surface area contributed by atoms with E-state index in [2.05, 4.69) is 34.4 Å². The molecule has 0 aliphatic carbocycles. The number of amides is 1. The molecule has 2 atom stereocenters. The molecule has 0 bridgehead atoms. The first-order valence-corrected chi connectivity index (χ1v) is 12.9. The lowest BCUT2D eigenvalue weighted by Gasteiger charge is -2.25. The van der Waals surface area contributed by atoms with Crippen LogP contribution >= 0.6 is 11.3 Å². The standard InChI is InChI=1S/C27H33N3O4S/c1-17-12-21(34-29-17)14-25(32)30-15-22(33-27(3,4)5)13-23(30)24(31)11-8-19-6-9-20(10-7-19)26-18(2)28-16-35-26/h6-7,9-10,12,16,22-23H,8,11,13-15H2,1-5H3/t22-,23+/m1/s1. The Morgan fingerprint density at radius 2 is 1.94 bits per heavy atom. The summed E-state index contributed by atoms with van der Waals surface area (Å²) in [5.74, 6) is 0.438. The molecule has 1 aliphatic rings. The number of likely N-dealkylation sites (tertiary alicyclic amines) is 1. The summed E-state index contributed by atoms with van der Waals surface area (Å²) in [5, 5.41) is 3.86. The maximum atomic E-state index is 13.3. The Labute approximate surface area is 210 Å². The van der Waals surface area contributed by atoms with E-state index in [1.807, 2.05) is 40.1 Å². The molecule has 0 spiro atoms. The van der Waals surface area contributed by atoms with Crippen LogP contribution in [0.2, 0.25) is 0 Å². The first kappa shape index (κ1) is 25.3. The van der Waals surface area contributed by atoms with Gasteiger partial charge >= 0.3 is 0 Å². The van der Waals surface area contributed by atoms with Gasteiger partial charge in [0.15, 0.2) is 5.78 Å². The second-order valence-corrected chi connectivity index (χ2v) is 11.0. The van der Waals surface area contributed by atoms with Gasteiger partial charge < -0.3 is 14.2 Å². The van der Waals surface area contributed by atoms with Gasteiger partial charge in [-0.2, -0.15) is 0 Å². The summed E-state index contributed by atoms with van der Waals surface area (Å²) >= 11 is 1.63. The van der Waals surface area contributed by atoms with Crippen LogP contribution < -0.4 is 0 Å². The SMILES string of the molecule is Cc1cc(CC(=O)N2C[C@H](OC(C)(C)C)C[C@H]2C(=O)CCc2ccc(-c3scnc3C)cc2)on1. The minimum Gasteiger partial charge on any atom is -0.371 e. The lowest BCUT2D eigenvalue weighted by atomic mass is 10.00. The topological polar surface area (TPSA) is 85.5 Å². The fourth-order valence-corrected chi connectivity index (χ4v) is 5.36. The van der Waals surface area contributed by atoms with Crippen LogP contribution in [0.15, 0.2) is 40.4 Å². The first-order chi connectivity index (χ1) is 16.6. The summed E-state index contributed by atoms with van der Waals surface area (Å²) in [6.45, 7) is 10.2. The molecule has 186 valence electrons. The van der Waals surface area contributed by atoms with E-state index in [0.717, 1.165) is 22.5 Å². The fraction of sp³-hybridized carbons (Fsp3) is 0.481. The molecule has 1 amide bonds. The third-order valence-corrected chi connectivity index (χ3v) is 7.08. The number of carbonyl (C=O) groups excluding carboxylic acids is 2. The maximum absolute atomic E-state index is 13.3. The molecule has 1 fully saturated rings. The molecule has 2 aromatic heterocycles. The largest absolute Gasteiger partial charge is 0.371 e.